The molecule has 2 bridgehead atoms. The highest BCUT2D eigenvalue weighted by atomic mass is 32.2. The van der Waals surface area contributed by atoms with E-state index in [2.05, 4.69) is 31.9 Å². The SMILES string of the molecule is N#CC1CN(S(=O)(=O)N2[C@@H]3CCC[C@H]2CC(Nc2nc(Nc4cc(CO)[nH]n4)cc4ncccc24)C3)C1. The predicted octanol–water partition coefficient (Wildman–Crippen LogP) is 2.09. The van der Waals surface area contributed by atoms with Gasteiger partial charge in [0.1, 0.15) is 11.6 Å². The van der Waals surface area contributed by atoms with Crippen molar-refractivity contribution in [1.29, 1.82) is 5.26 Å². The van der Waals surface area contributed by atoms with E-state index in [9.17, 15) is 13.5 Å². The molecule has 3 aliphatic heterocycles. The molecule has 6 rings (SSSR count). The lowest BCUT2D eigenvalue weighted by Crippen LogP contribution is -2.63. The van der Waals surface area contributed by atoms with Gasteiger partial charge in [-0.25, -0.2) is 4.98 Å². The van der Waals surface area contributed by atoms with Crippen LogP contribution in [0, 0.1) is 17.2 Å². The second-order valence-electron chi connectivity index (χ2n) is 10.0. The molecule has 0 radical (unpaired) electrons. The zero-order chi connectivity index (χ0) is 25.6. The number of piperidine rings is 2. The lowest BCUT2D eigenvalue weighted by atomic mass is 9.84. The van der Waals surface area contributed by atoms with Gasteiger partial charge in [0.05, 0.1) is 29.8 Å². The Morgan fingerprint density at radius 1 is 1.19 bits per heavy atom. The van der Waals surface area contributed by atoms with Crippen LogP contribution in [0.3, 0.4) is 0 Å². The van der Waals surface area contributed by atoms with Crippen LogP contribution in [0.1, 0.15) is 37.8 Å². The number of nitrogens with one attached hydrogen (secondary N) is 3. The van der Waals surface area contributed by atoms with Gasteiger partial charge in [-0.1, -0.05) is 6.42 Å². The number of nitrogens with zero attached hydrogens (tertiary/aromatic N) is 6. The Kier molecular flexibility index (Phi) is 6.20. The molecule has 3 atom stereocenters. The van der Waals surface area contributed by atoms with E-state index < -0.39 is 10.2 Å². The molecule has 3 fully saturated rings. The summed E-state index contributed by atoms with van der Waals surface area (Å²) in [6, 6.07) is 9.46. The van der Waals surface area contributed by atoms with Crippen LogP contribution in [-0.2, 0) is 16.8 Å². The zero-order valence-corrected chi connectivity index (χ0v) is 21.0. The Morgan fingerprint density at radius 3 is 2.68 bits per heavy atom. The molecule has 0 aromatic carbocycles. The molecule has 13 heteroatoms. The van der Waals surface area contributed by atoms with E-state index in [0.29, 0.717) is 36.0 Å². The number of fused-ring (bicyclic) bond motifs is 3. The van der Waals surface area contributed by atoms with Crippen LogP contribution in [-0.4, -0.2) is 73.5 Å². The minimum absolute atomic E-state index is 0.0579. The van der Waals surface area contributed by atoms with Crippen LogP contribution in [0.15, 0.2) is 30.5 Å². The highest BCUT2D eigenvalue weighted by Gasteiger charge is 2.49. The van der Waals surface area contributed by atoms with Crippen LogP contribution >= 0.6 is 0 Å². The van der Waals surface area contributed by atoms with Gasteiger partial charge in [-0.2, -0.15) is 27.4 Å². The molecule has 0 saturated carbocycles. The molecule has 37 heavy (non-hydrogen) atoms. The van der Waals surface area contributed by atoms with Crippen molar-refractivity contribution in [3.05, 3.63) is 36.2 Å². The van der Waals surface area contributed by atoms with Crippen molar-refractivity contribution < 1.29 is 13.5 Å². The average molecular weight is 524 g/mol. The van der Waals surface area contributed by atoms with E-state index in [-0.39, 0.29) is 43.7 Å². The van der Waals surface area contributed by atoms with E-state index >= 15 is 0 Å². The molecule has 194 valence electrons. The molecular weight excluding hydrogens is 494 g/mol. The number of hydrogen-bond donors (Lipinski definition) is 4. The van der Waals surface area contributed by atoms with Crippen LogP contribution in [0.4, 0.5) is 17.5 Å². The molecule has 3 aromatic heterocycles. The van der Waals surface area contributed by atoms with Gasteiger partial charge in [0.2, 0.25) is 0 Å². The largest absolute Gasteiger partial charge is 0.390 e. The molecule has 3 aromatic rings. The first kappa shape index (κ1) is 24.1. The monoisotopic (exact) mass is 523 g/mol. The van der Waals surface area contributed by atoms with Gasteiger partial charge in [0.25, 0.3) is 10.2 Å². The normalized spacial score (nSPS) is 24.9. The molecule has 0 spiro atoms. The second kappa shape index (κ2) is 9.53. The lowest BCUT2D eigenvalue weighted by molar-refractivity contribution is 0.0984. The van der Waals surface area contributed by atoms with Gasteiger partial charge in [-0.15, -0.1) is 0 Å². The first-order valence-corrected chi connectivity index (χ1v) is 14.0. The molecule has 4 N–H and O–H groups in total. The summed E-state index contributed by atoms with van der Waals surface area (Å²) in [5.41, 5.74) is 1.36. The fourth-order valence-electron chi connectivity index (χ4n) is 5.75. The van der Waals surface area contributed by atoms with E-state index in [1.165, 1.54) is 4.31 Å². The van der Waals surface area contributed by atoms with Gasteiger partial charge in [-0.3, -0.25) is 10.1 Å². The maximum atomic E-state index is 13.4. The van der Waals surface area contributed by atoms with Crippen molar-refractivity contribution in [3.8, 4) is 6.07 Å². The molecule has 0 amide bonds. The molecule has 12 nitrogen and oxygen atoms in total. The van der Waals surface area contributed by atoms with E-state index in [1.807, 2.05) is 18.2 Å². The molecule has 1 unspecified atom stereocenters. The summed E-state index contributed by atoms with van der Waals surface area (Å²) in [5.74, 6) is 1.58. The van der Waals surface area contributed by atoms with Gasteiger partial charge < -0.3 is 15.7 Å². The average Bonchev–Trinajstić information content (AvgIpc) is 3.30. The number of H-pyrrole nitrogens is 1. The van der Waals surface area contributed by atoms with Crippen molar-refractivity contribution in [2.75, 3.05) is 23.7 Å². The number of nitriles is 1. The fraction of sp³-hybridized carbons (Fsp3) is 0.500. The van der Waals surface area contributed by atoms with Gasteiger partial charge in [0, 0.05) is 54.9 Å². The van der Waals surface area contributed by atoms with E-state index in [4.69, 9.17) is 10.2 Å². The van der Waals surface area contributed by atoms with Crippen LogP contribution in [0.2, 0.25) is 0 Å². The van der Waals surface area contributed by atoms with Crippen LogP contribution in [0.5, 0.6) is 0 Å². The second-order valence-corrected chi connectivity index (χ2v) is 11.9. The van der Waals surface area contributed by atoms with Crippen molar-refractivity contribution in [2.45, 2.75) is 56.8 Å². The summed E-state index contributed by atoms with van der Waals surface area (Å²) < 4.78 is 30.0. The summed E-state index contributed by atoms with van der Waals surface area (Å²) in [6.07, 6.45) is 5.77. The number of aromatic amines is 1. The topological polar surface area (TPSA) is 163 Å². The van der Waals surface area contributed by atoms with Gasteiger partial charge in [0.15, 0.2) is 5.82 Å². The predicted molar refractivity (Wildman–Crippen MR) is 137 cm³/mol. The highest BCUT2D eigenvalue weighted by Crippen LogP contribution is 2.39. The maximum Gasteiger partial charge on any atom is 0.282 e. The molecule has 6 heterocycles. The van der Waals surface area contributed by atoms with Crippen LogP contribution in [0.25, 0.3) is 10.9 Å². The number of rotatable bonds is 7. The smallest absolute Gasteiger partial charge is 0.282 e. The number of anilines is 3. The summed E-state index contributed by atoms with van der Waals surface area (Å²) in [7, 11) is -3.58. The molecular formula is C24H29N9O3S. The quantitative estimate of drug-likeness (QED) is 0.363. The molecule has 3 aliphatic rings. The third-order valence-corrected chi connectivity index (χ3v) is 9.61. The Hall–Kier alpha value is -3.31. The van der Waals surface area contributed by atoms with Crippen LogP contribution < -0.4 is 10.6 Å². The van der Waals surface area contributed by atoms with E-state index in [0.717, 1.165) is 30.2 Å². The third-order valence-electron chi connectivity index (χ3n) is 7.53. The third kappa shape index (κ3) is 4.50. The maximum absolute atomic E-state index is 13.4. The number of pyridine rings is 2. The molecule has 3 saturated heterocycles. The van der Waals surface area contributed by atoms with E-state index in [1.54, 1.807) is 16.6 Å². The Bertz CT molecular complexity index is 1430. The summed E-state index contributed by atoms with van der Waals surface area (Å²) in [5, 5.41) is 33.0. The summed E-state index contributed by atoms with van der Waals surface area (Å²) in [4.78, 5) is 9.31. The first-order chi connectivity index (χ1) is 17.9. The Balaban J connectivity index is 1.23. The highest BCUT2D eigenvalue weighted by molar-refractivity contribution is 7.86. The van der Waals surface area contributed by atoms with Gasteiger partial charge >= 0.3 is 0 Å². The molecule has 0 aliphatic carbocycles. The Morgan fingerprint density at radius 2 is 1.97 bits per heavy atom. The minimum atomic E-state index is -3.58. The number of aromatic nitrogens is 4. The fourth-order valence-corrected chi connectivity index (χ4v) is 7.89. The Labute approximate surface area is 214 Å². The van der Waals surface area contributed by atoms with Crippen molar-refractivity contribution in [3.63, 3.8) is 0 Å². The van der Waals surface area contributed by atoms with Gasteiger partial charge in [-0.05, 0) is 37.8 Å². The number of aliphatic hydroxyl groups is 1. The number of aliphatic hydroxyl groups excluding tert-OH is 1. The van der Waals surface area contributed by atoms with Crippen molar-refractivity contribution in [2.24, 2.45) is 5.92 Å². The zero-order valence-electron chi connectivity index (χ0n) is 20.2. The minimum Gasteiger partial charge on any atom is -0.390 e. The lowest BCUT2D eigenvalue weighted by Gasteiger charge is -2.50. The standard InChI is InChI=1S/C24H29N9O3S/c25-11-15-12-32(13-15)37(35,36)33-18-3-1-4-19(33)8-16(7-18)27-24-20-5-2-6-26-21(20)10-22(29-24)28-23-9-17(14-34)30-31-23/h2,5-6,9-10,15-16,18-19,34H,1,3-4,7-8,12-14H2,(H3,27,28,29,30,31)/t16?,18-,19+. The number of hydrogen-bond acceptors (Lipinski definition) is 9. The van der Waals surface area contributed by atoms with Crippen molar-refractivity contribution >= 4 is 38.6 Å². The summed E-state index contributed by atoms with van der Waals surface area (Å²) in [6.45, 7) is 0.436. The van der Waals surface area contributed by atoms with Crippen molar-refractivity contribution in [1.82, 2.24) is 28.8 Å². The summed E-state index contributed by atoms with van der Waals surface area (Å²) >= 11 is 0. The first-order valence-electron chi connectivity index (χ1n) is 12.6.